The number of anilines is 1. The van der Waals surface area contributed by atoms with E-state index in [1.807, 2.05) is 48.5 Å². The Kier molecular flexibility index (Phi) is 5.40. The molecule has 1 aliphatic heterocycles. The first-order chi connectivity index (χ1) is 13.5. The summed E-state index contributed by atoms with van der Waals surface area (Å²) < 4.78 is 0. The molecule has 0 aliphatic carbocycles. The molecule has 1 fully saturated rings. The Morgan fingerprint density at radius 1 is 0.893 bits per heavy atom. The van der Waals surface area contributed by atoms with E-state index in [9.17, 15) is 9.90 Å². The quantitative estimate of drug-likeness (QED) is 0.571. The maximum atomic E-state index is 13.5. The fraction of sp³-hybridized carbons (Fsp3) is 0.174. The van der Waals surface area contributed by atoms with Gasteiger partial charge >= 0.3 is 0 Å². The minimum absolute atomic E-state index is 0.0397. The summed E-state index contributed by atoms with van der Waals surface area (Å²) in [5.74, 6) is -0.191. The van der Waals surface area contributed by atoms with Gasteiger partial charge in [-0.05, 0) is 23.8 Å². The number of aliphatic hydroxyl groups excluding tert-OH is 1. The zero-order valence-electron chi connectivity index (χ0n) is 15.0. The fourth-order valence-electron chi connectivity index (χ4n) is 3.97. The molecule has 0 bridgehead atoms. The highest BCUT2D eigenvalue weighted by molar-refractivity contribution is 6.35. The molecule has 142 valence electrons. The molecule has 1 heterocycles. The second kappa shape index (κ2) is 7.96. The normalized spacial score (nSPS) is 21.7. The van der Waals surface area contributed by atoms with Gasteiger partial charge < -0.3 is 10.0 Å². The van der Waals surface area contributed by atoms with Gasteiger partial charge in [-0.25, -0.2) is 0 Å². The average Bonchev–Trinajstić information content (AvgIpc) is 3.05. The average molecular weight is 412 g/mol. The number of aliphatic hydroxyl groups is 1. The third kappa shape index (κ3) is 3.66. The predicted octanol–water partition coefficient (Wildman–Crippen LogP) is 5.56. The summed E-state index contributed by atoms with van der Waals surface area (Å²) >= 11 is 12.4. The van der Waals surface area contributed by atoms with E-state index in [0.717, 1.165) is 5.56 Å². The van der Waals surface area contributed by atoms with Crippen LogP contribution in [0.1, 0.15) is 28.3 Å². The molecule has 3 aromatic carbocycles. The molecule has 1 aliphatic rings. The summed E-state index contributed by atoms with van der Waals surface area (Å²) in [6.45, 7) is 0. The molecule has 28 heavy (non-hydrogen) atoms. The Hall–Kier alpha value is -2.33. The summed E-state index contributed by atoms with van der Waals surface area (Å²) in [5, 5.41) is 11.8. The molecule has 1 N–H and O–H groups in total. The second-order valence-corrected chi connectivity index (χ2v) is 7.82. The summed E-state index contributed by atoms with van der Waals surface area (Å²) in [5.41, 5.74) is 2.27. The van der Waals surface area contributed by atoms with Gasteiger partial charge in [-0.3, -0.25) is 4.79 Å². The van der Waals surface area contributed by atoms with Crippen molar-refractivity contribution in [2.24, 2.45) is 0 Å². The number of rotatable bonds is 4. The minimum Gasteiger partial charge on any atom is -0.374 e. The van der Waals surface area contributed by atoms with Crippen LogP contribution in [0.3, 0.4) is 0 Å². The third-order valence-electron chi connectivity index (χ3n) is 5.17. The van der Waals surface area contributed by atoms with E-state index in [1.54, 1.807) is 35.2 Å². The van der Waals surface area contributed by atoms with Crippen LogP contribution in [-0.4, -0.2) is 23.2 Å². The summed E-state index contributed by atoms with van der Waals surface area (Å²) in [4.78, 5) is 15.3. The predicted molar refractivity (Wildman–Crippen MR) is 113 cm³/mol. The molecule has 5 heteroatoms. The smallest absolute Gasteiger partial charge is 0.185 e. The van der Waals surface area contributed by atoms with Crippen LogP contribution in [0.25, 0.3) is 0 Å². The summed E-state index contributed by atoms with van der Waals surface area (Å²) in [6, 6.07) is 23.5. The van der Waals surface area contributed by atoms with Crippen LogP contribution in [0.4, 0.5) is 5.69 Å². The lowest BCUT2D eigenvalue weighted by Crippen LogP contribution is -2.42. The van der Waals surface area contributed by atoms with Crippen LogP contribution < -0.4 is 4.90 Å². The van der Waals surface area contributed by atoms with Gasteiger partial charge in [-0.1, -0.05) is 83.9 Å². The number of benzene rings is 3. The SMILES string of the molecule is O=C(c1ccccc1)[C@H]1[C@H](c2ccccc2)C[C@@H](O)N1c1cc(Cl)cc(Cl)c1. The van der Waals surface area contributed by atoms with Crippen LogP contribution in [0.15, 0.2) is 78.9 Å². The molecule has 4 rings (SSSR count). The largest absolute Gasteiger partial charge is 0.374 e. The van der Waals surface area contributed by atoms with E-state index in [4.69, 9.17) is 23.2 Å². The van der Waals surface area contributed by atoms with Crippen LogP contribution in [-0.2, 0) is 0 Å². The Balaban J connectivity index is 1.82. The van der Waals surface area contributed by atoms with Crippen molar-refractivity contribution in [2.75, 3.05) is 4.90 Å². The van der Waals surface area contributed by atoms with Crippen LogP contribution in [0.5, 0.6) is 0 Å². The Morgan fingerprint density at radius 2 is 1.46 bits per heavy atom. The molecule has 0 spiro atoms. The van der Waals surface area contributed by atoms with Crippen LogP contribution >= 0.6 is 23.2 Å². The zero-order valence-corrected chi connectivity index (χ0v) is 16.5. The minimum atomic E-state index is -0.822. The number of carbonyl (C=O) groups excluding carboxylic acids is 1. The van der Waals surface area contributed by atoms with Gasteiger partial charge in [0, 0.05) is 33.6 Å². The van der Waals surface area contributed by atoms with E-state index in [0.29, 0.717) is 27.7 Å². The van der Waals surface area contributed by atoms with E-state index in [2.05, 4.69) is 0 Å². The number of ketones is 1. The molecule has 0 saturated carbocycles. The standard InChI is InChI=1S/C23H19Cl2NO2/c24-17-11-18(25)13-19(12-17)26-21(27)14-20(15-7-3-1-4-8-15)22(26)23(28)16-9-5-2-6-10-16/h1-13,20-22,27H,14H2/t20-,21+,22+/m0/s1. The maximum absolute atomic E-state index is 13.5. The molecule has 0 amide bonds. The number of hydrogen-bond acceptors (Lipinski definition) is 3. The molecule has 0 unspecified atom stereocenters. The van der Waals surface area contributed by atoms with Crippen molar-refractivity contribution in [1.82, 2.24) is 0 Å². The second-order valence-electron chi connectivity index (χ2n) is 6.94. The van der Waals surface area contributed by atoms with Gasteiger partial charge in [-0.15, -0.1) is 0 Å². The first-order valence-corrected chi connectivity index (χ1v) is 9.87. The molecular weight excluding hydrogens is 393 g/mol. The van der Waals surface area contributed by atoms with Crippen molar-refractivity contribution in [3.63, 3.8) is 0 Å². The maximum Gasteiger partial charge on any atom is 0.185 e. The Labute approximate surface area is 174 Å². The highest BCUT2D eigenvalue weighted by Gasteiger charge is 2.45. The van der Waals surface area contributed by atoms with Gasteiger partial charge in [-0.2, -0.15) is 0 Å². The zero-order chi connectivity index (χ0) is 19.7. The van der Waals surface area contributed by atoms with Crippen molar-refractivity contribution in [1.29, 1.82) is 0 Å². The lowest BCUT2D eigenvalue weighted by molar-refractivity contribution is 0.0946. The molecular formula is C23H19Cl2NO2. The van der Waals surface area contributed by atoms with Gasteiger partial charge in [0.05, 0.1) is 0 Å². The highest BCUT2D eigenvalue weighted by atomic mass is 35.5. The fourth-order valence-corrected chi connectivity index (χ4v) is 4.49. The number of hydrogen-bond donors (Lipinski definition) is 1. The van der Waals surface area contributed by atoms with Crippen molar-refractivity contribution < 1.29 is 9.90 Å². The van der Waals surface area contributed by atoms with Crippen molar-refractivity contribution >= 4 is 34.7 Å². The van der Waals surface area contributed by atoms with Gasteiger partial charge in [0.2, 0.25) is 0 Å². The molecule has 3 nitrogen and oxygen atoms in total. The number of Topliss-reactive ketones (excluding diaryl/α,β-unsaturated/α-hetero) is 1. The first kappa shape index (κ1) is 19.0. The van der Waals surface area contributed by atoms with E-state index in [1.165, 1.54) is 0 Å². The highest BCUT2D eigenvalue weighted by Crippen LogP contribution is 2.42. The molecule has 1 saturated heterocycles. The van der Waals surface area contributed by atoms with E-state index in [-0.39, 0.29) is 11.7 Å². The van der Waals surface area contributed by atoms with E-state index < -0.39 is 12.3 Å². The molecule has 3 atom stereocenters. The monoisotopic (exact) mass is 411 g/mol. The number of halogens is 2. The van der Waals surface area contributed by atoms with E-state index >= 15 is 0 Å². The van der Waals surface area contributed by atoms with Crippen LogP contribution in [0, 0.1) is 0 Å². The molecule has 3 aromatic rings. The molecule has 0 radical (unpaired) electrons. The lowest BCUT2D eigenvalue weighted by atomic mass is 9.87. The third-order valence-corrected chi connectivity index (χ3v) is 5.60. The van der Waals surface area contributed by atoms with Gasteiger partial charge in [0.1, 0.15) is 12.3 Å². The summed E-state index contributed by atoms with van der Waals surface area (Å²) in [6.07, 6.45) is -0.380. The Morgan fingerprint density at radius 3 is 2.07 bits per heavy atom. The van der Waals surface area contributed by atoms with Crippen molar-refractivity contribution in [2.45, 2.75) is 24.6 Å². The van der Waals surface area contributed by atoms with Crippen molar-refractivity contribution in [3.8, 4) is 0 Å². The summed E-state index contributed by atoms with van der Waals surface area (Å²) in [7, 11) is 0. The van der Waals surface area contributed by atoms with Gasteiger partial charge in [0.15, 0.2) is 5.78 Å². The molecule has 0 aromatic heterocycles. The van der Waals surface area contributed by atoms with Gasteiger partial charge in [0.25, 0.3) is 0 Å². The first-order valence-electron chi connectivity index (χ1n) is 9.11. The number of carbonyl (C=O) groups is 1. The van der Waals surface area contributed by atoms with Crippen molar-refractivity contribution in [3.05, 3.63) is 100 Å². The lowest BCUT2D eigenvalue weighted by Gasteiger charge is -2.31. The van der Waals surface area contributed by atoms with Crippen LogP contribution in [0.2, 0.25) is 10.0 Å². The topological polar surface area (TPSA) is 40.5 Å². The number of nitrogens with zero attached hydrogens (tertiary/aromatic N) is 1. The Bertz CT molecular complexity index is 958.